The van der Waals surface area contributed by atoms with Gasteiger partial charge in [0.1, 0.15) is 0 Å². The van der Waals surface area contributed by atoms with Gasteiger partial charge in [-0.2, -0.15) is 10.2 Å². The molecule has 0 unspecified atom stereocenters. The molecule has 2 N–H and O–H groups in total. The monoisotopic (exact) mass is 135 g/mol. The Morgan fingerprint density at radius 2 is 1.88 bits per heavy atom. The third-order valence-electron chi connectivity index (χ3n) is 1.28. The number of hydrogen-bond acceptors (Lipinski definition) is 3. The minimum absolute atomic E-state index is 0. The van der Waals surface area contributed by atoms with Crippen molar-refractivity contribution in [2.24, 2.45) is 16.0 Å². The van der Waals surface area contributed by atoms with Crippen molar-refractivity contribution in [2.75, 3.05) is 0 Å². The van der Waals surface area contributed by atoms with Crippen molar-refractivity contribution in [2.45, 2.75) is 25.6 Å². The smallest absolute Gasteiger partial charge is 0.202 e. The van der Waals surface area contributed by atoms with E-state index in [1.807, 2.05) is 13.8 Å². The minimum atomic E-state index is -0.222. The van der Waals surface area contributed by atoms with Gasteiger partial charge in [-0.1, -0.05) is 0 Å². The van der Waals surface area contributed by atoms with Crippen molar-refractivity contribution >= 4 is 12.4 Å². The predicted molar refractivity (Wildman–Crippen MR) is 34.2 cm³/mol. The van der Waals surface area contributed by atoms with Crippen LogP contribution in [0.2, 0.25) is 0 Å². The van der Waals surface area contributed by atoms with Gasteiger partial charge in [0.2, 0.25) is 5.66 Å². The predicted octanol–water partition coefficient (Wildman–Crippen LogP) is 0.937. The Kier molecular flexibility index (Phi) is 1.95. The first-order valence-corrected chi connectivity index (χ1v) is 2.35. The van der Waals surface area contributed by atoms with Crippen molar-refractivity contribution in [3.05, 3.63) is 0 Å². The molecule has 3 nitrogen and oxygen atoms in total. The van der Waals surface area contributed by atoms with E-state index in [9.17, 15) is 0 Å². The summed E-state index contributed by atoms with van der Waals surface area (Å²) < 4.78 is 0. The molecule has 0 spiro atoms. The summed E-state index contributed by atoms with van der Waals surface area (Å²) in [6.07, 6.45) is 0. The number of hydrogen-bond donors (Lipinski definition) is 1. The topological polar surface area (TPSA) is 50.7 Å². The standard InChI is InChI=1S/C4H9N3.ClH/c1-3(5)4(2)6-7-4;/h3H,5H2,1-2H3;1H/t3-;/m0./s1. The summed E-state index contributed by atoms with van der Waals surface area (Å²) in [6, 6.07) is 0.0764. The van der Waals surface area contributed by atoms with Gasteiger partial charge in [-0.05, 0) is 13.8 Å². The van der Waals surface area contributed by atoms with Crippen LogP contribution < -0.4 is 5.73 Å². The van der Waals surface area contributed by atoms with Gasteiger partial charge in [-0.25, -0.2) is 0 Å². The van der Waals surface area contributed by atoms with Gasteiger partial charge in [-0.3, -0.25) is 0 Å². The van der Waals surface area contributed by atoms with Crippen LogP contribution in [0.4, 0.5) is 0 Å². The van der Waals surface area contributed by atoms with Crippen molar-refractivity contribution in [1.29, 1.82) is 0 Å². The number of nitrogens with zero attached hydrogens (tertiary/aromatic N) is 2. The fourth-order valence-corrected chi connectivity index (χ4v) is 0.261. The zero-order chi connectivity index (χ0) is 5.49. The quantitative estimate of drug-likeness (QED) is 0.572. The van der Waals surface area contributed by atoms with Crippen LogP contribution in [-0.4, -0.2) is 11.7 Å². The minimum Gasteiger partial charge on any atom is -0.324 e. The van der Waals surface area contributed by atoms with Crippen LogP contribution in [0.25, 0.3) is 0 Å². The molecule has 0 saturated carbocycles. The third kappa shape index (κ3) is 1.17. The van der Waals surface area contributed by atoms with E-state index in [0.717, 1.165) is 0 Å². The summed E-state index contributed by atoms with van der Waals surface area (Å²) in [5.41, 5.74) is 5.22. The fraction of sp³-hybridized carbons (Fsp3) is 1.00. The van der Waals surface area contributed by atoms with Crippen molar-refractivity contribution in [1.82, 2.24) is 0 Å². The molecule has 0 aromatic rings. The average Bonchev–Trinajstić information content (AvgIpc) is 2.21. The van der Waals surface area contributed by atoms with Crippen LogP contribution in [0, 0.1) is 0 Å². The van der Waals surface area contributed by atoms with Gasteiger partial charge in [-0.15, -0.1) is 12.4 Å². The van der Waals surface area contributed by atoms with E-state index in [-0.39, 0.29) is 24.1 Å². The highest BCUT2D eigenvalue weighted by Crippen LogP contribution is 2.28. The normalized spacial score (nSPS) is 23.9. The molecule has 4 heteroatoms. The summed E-state index contributed by atoms with van der Waals surface area (Å²) in [5.74, 6) is 0. The molecule has 0 aromatic heterocycles. The molecule has 8 heavy (non-hydrogen) atoms. The van der Waals surface area contributed by atoms with Gasteiger partial charge < -0.3 is 5.73 Å². The molecule has 0 amide bonds. The summed E-state index contributed by atoms with van der Waals surface area (Å²) in [5, 5.41) is 7.47. The second kappa shape index (κ2) is 1.99. The van der Waals surface area contributed by atoms with Crippen molar-refractivity contribution in [3.8, 4) is 0 Å². The van der Waals surface area contributed by atoms with Crippen LogP contribution in [0.3, 0.4) is 0 Å². The van der Waals surface area contributed by atoms with E-state index in [1.165, 1.54) is 0 Å². The third-order valence-corrected chi connectivity index (χ3v) is 1.28. The molecule has 48 valence electrons. The lowest BCUT2D eigenvalue weighted by Gasteiger charge is -2.04. The fourth-order valence-electron chi connectivity index (χ4n) is 0.261. The highest BCUT2D eigenvalue weighted by atomic mass is 35.5. The van der Waals surface area contributed by atoms with Gasteiger partial charge >= 0.3 is 0 Å². The lowest BCUT2D eigenvalue weighted by atomic mass is 10.1. The number of halogens is 1. The molecule has 0 aliphatic carbocycles. The summed E-state index contributed by atoms with van der Waals surface area (Å²) >= 11 is 0. The molecule has 0 bridgehead atoms. The van der Waals surface area contributed by atoms with Gasteiger partial charge in [0, 0.05) is 0 Å². The molecule has 0 aromatic carbocycles. The number of rotatable bonds is 1. The second-order valence-corrected chi connectivity index (χ2v) is 2.08. The molecule has 1 aliphatic heterocycles. The largest absolute Gasteiger partial charge is 0.324 e. The van der Waals surface area contributed by atoms with Crippen LogP contribution in [-0.2, 0) is 0 Å². The lowest BCUT2D eigenvalue weighted by Crippen LogP contribution is -2.31. The summed E-state index contributed by atoms with van der Waals surface area (Å²) in [6.45, 7) is 3.82. The molecule has 0 fully saturated rings. The molecule has 1 aliphatic rings. The molecule has 1 heterocycles. The van der Waals surface area contributed by atoms with Crippen molar-refractivity contribution < 1.29 is 0 Å². The van der Waals surface area contributed by atoms with Crippen LogP contribution >= 0.6 is 12.4 Å². The zero-order valence-corrected chi connectivity index (χ0v) is 5.77. The molecule has 1 rings (SSSR count). The van der Waals surface area contributed by atoms with E-state index >= 15 is 0 Å². The SMILES string of the molecule is C[C@H](N)C1(C)N=N1.Cl. The molecular weight excluding hydrogens is 126 g/mol. The lowest BCUT2D eigenvalue weighted by molar-refractivity contribution is 0.542. The van der Waals surface area contributed by atoms with Crippen LogP contribution in [0.15, 0.2) is 10.2 Å². The highest BCUT2D eigenvalue weighted by Gasteiger charge is 2.37. The van der Waals surface area contributed by atoms with E-state index < -0.39 is 0 Å². The maximum atomic E-state index is 5.44. The van der Waals surface area contributed by atoms with E-state index in [0.29, 0.717) is 0 Å². The Bertz CT molecular complexity index is 104. The maximum absolute atomic E-state index is 5.44. The van der Waals surface area contributed by atoms with E-state index in [1.54, 1.807) is 0 Å². The first-order chi connectivity index (χ1) is 3.15. The molecule has 0 radical (unpaired) electrons. The summed E-state index contributed by atoms with van der Waals surface area (Å²) in [4.78, 5) is 0. The second-order valence-electron chi connectivity index (χ2n) is 2.08. The molecule has 0 saturated heterocycles. The zero-order valence-electron chi connectivity index (χ0n) is 4.96. The van der Waals surface area contributed by atoms with E-state index in [2.05, 4.69) is 10.2 Å². The Labute approximate surface area is 54.8 Å². The first kappa shape index (κ1) is 7.85. The Hall–Kier alpha value is -0.150. The van der Waals surface area contributed by atoms with Gasteiger partial charge in [0.05, 0.1) is 6.04 Å². The van der Waals surface area contributed by atoms with Crippen molar-refractivity contribution in [3.63, 3.8) is 0 Å². The van der Waals surface area contributed by atoms with Gasteiger partial charge in [0.25, 0.3) is 0 Å². The molecule has 1 atom stereocenters. The number of nitrogens with two attached hydrogens (primary N) is 1. The Balaban J connectivity index is 0.000000490. The van der Waals surface area contributed by atoms with Crippen LogP contribution in [0.1, 0.15) is 13.8 Å². The Morgan fingerprint density at radius 1 is 1.50 bits per heavy atom. The van der Waals surface area contributed by atoms with Crippen LogP contribution in [0.5, 0.6) is 0 Å². The van der Waals surface area contributed by atoms with Gasteiger partial charge in [0.15, 0.2) is 0 Å². The Morgan fingerprint density at radius 3 is 1.88 bits per heavy atom. The van der Waals surface area contributed by atoms with E-state index in [4.69, 9.17) is 5.73 Å². The maximum Gasteiger partial charge on any atom is 0.202 e. The average molecular weight is 136 g/mol. The molecular formula is C4H10ClN3. The summed E-state index contributed by atoms with van der Waals surface area (Å²) in [7, 11) is 0. The first-order valence-electron chi connectivity index (χ1n) is 2.35. The highest BCUT2D eigenvalue weighted by molar-refractivity contribution is 5.85.